The van der Waals surface area contributed by atoms with Gasteiger partial charge in [0.1, 0.15) is 6.04 Å². The monoisotopic (exact) mass is 381 g/mol. The second kappa shape index (κ2) is 10.3. The Balaban J connectivity index is 0.000000878. The van der Waals surface area contributed by atoms with Crippen LogP contribution in [0.2, 0.25) is 0 Å². The van der Waals surface area contributed by atoms with E-state index in [0.717, 1.165) is 11.3 Å². The molecule has 3 rings (SSSR count). The van der Waals surface area contributed by atoms with Gasteiger partial charge in [-0.05, 0) is 38.7 Å². The Hall–Kier alpha value is -3.12. The minimum absolute atomic E-state index is 0.0299. The van der Waals surface area contributed by atoms with Crippen molar-refractivity contribution in [3.8, 4) is 0 Å². The van der Waals surface area contributed by atoms with Crippen molar-refractivity contribution >= 4 is 17.6 Å². The minimum Gasteiger partial charge on any atom is -0.466 e. The van der Waals surface area contributed by atoms with Gasteiger partial charge < -0.3 is 20.3 Å². The van der Waals surface area contributed by atoms with E-state index in [1.807, 2.05) is 74.8 Å². The molecule has 2 aromatic rings. The van der Waals surface area contributed by atoms with Gasteiger partial charge in [-0.1, -0.05) is 48.5 Å². The van der Waals surface area contributed by atoms with Crippen LogP contribution in [-0.4, -0.2) is 39.1 Å². The zero-order chi connectivity index (χ0) is 20.5. The molecular weight excluding hydrogens is 354 g/mol. The maximum atomic E-state index is 12.8. The van der Waals surface area contributed by atoms with Crippen LogP contribution >= 0.6 is 0 Å². The number of β-lactam (4-membered cyclic amide) rings is 1. The average molecular weight is 381 g/mol. The van der Waals surface area contributed by atoms with Gasteiger partial charge in [0.25, 0.3) is 5.91 Å². The summed E-state index contributed by atoms with van der Waals surface area (Å²) < 4.78 is 4.63. The highest BCUT2D eigenvalue weighted by Crippen LogP contribution is 2.39. The number of hydrogen-bond acceptors (Lipinski definition) is 5. The molecule has 0 radical (unpaired) electrons. The van der Waals surface area contributed by atoms with Crippen LogP contribution in [0, 0.1) is 0 Å². The molecule has 6 nitrogen and oxygen atoms in total. The Morgan fingerprint density at radius 1 is 1.04 bits per heavy atom. The summed E-state index contributed by atoms with van der Waals surface area (Å²) in [7, 11) is 5.07. The van der Waals surface area contributed by atoms with Crippen molar-refractivity contribution in [2.24, 2.45) is 0 Å². The van der Waals surface area contributed by atoms with Crippen molar-refractivity contribution in [1.82, 2.24) is 10.6 Å². The largest absolute Gasteiger partial charge is 0.466 e. The first-order valence-electron chi connectivity index (χ1n) is 9.07. The Labute approximate surface area is 166 Å². The third kappa shape index (κ3) is 4.98. The summed E-state index contributed by atoms with van der Waals surface area (Å²) in [6, 6.07) is 18.9. The third-order valence-electron chi connectivity index (χ3n) is 4.19. The minimum atomic E-state index is -0.451. The highest BCUT2D eigenvalue weighted by atomic mass is 16.5. The lowest BCUT2D eigenvalue weighted by molar-refractivity contribution is -0.135. The van der Waals surface area contributed by atoms with E-state index in [0.29, 0.717) is 5.70 Å². The fraction of sp³-hybridized carbons (Fsp3) is 0.273. The number of amides is 1. The zero-order valence-electron chi connectivity index (χ0n) is 16.7. The van der Waals surface area contributed by atoms with Crippen LogP contribution in [0.1, 0.15) is 18.5 Å². The third-order valence-corrected chi connectivity index (χ3v) is 4.19. The van der Waals surface area contributed by atoms with Crippen LogP contribution in [0.15, 0.2) is 72.4 Å². The van der Waals surface area contributed by atoms with Crippen LogP contribution in [-0.2, 0) is 14.3 Å². The first kappa shape index (κ1) is 21.2. The zero-order valence-corrected chi connectivity index (χ0v) is 16.7. The highest BCUT2D eigenvalue weighted by Gasteiger charge is 2.48. The van der Waals surface area contributed by atoms with Crippen LogP contribution in [0.4, 0.5) is 5.69 Å². The summed E-state index contributed by atoms with van der Waals surface area (Å²) in [6.07, 6.45) is 1.35. The molecule has 1 aliphatic rings. The number of rotatable bonds is 5. The molecule has 1 aliphatic heterocycles. The molecule has 0 aliphatic carbocycles. The fourth-order valence-corrected chi connectivity index (χ4v) is 3.02. The number of carbonyl (C=O) groups is 2. The van der Waals surface area contributed by atoms with Crippen molar-refractivity contribution < 1.29 is 14.3 Å². The molecule has 2 N–H and O–H groups in total. The number of para-hydroxylation sites is 1. The van der Waals surface area contributed by atoms with Crippen molar-refractivity contribution in [1.29, 1.82) is 0 Å². The van der Waals surface area contributed by atoms with E-state index in [1.54, 1.807) is 11.8 Å². The van der Waals surface area contributed by atoms with Crippen LogP contribution in [0.5, 0.6) is 0 Å². The molecule has 1 saturated heterocycles. The molecule has 1 fully saturated rings. The SMILES string of the molecule is CNC.COC(=O)C=C(C)NC1C(=O)N(c2ccccc2)C1c1ccccc1. The quantitative estimate of drug-likeness (QED) is 0.473. The van der Waals surface area contributed by atoms with Crippen molar-refractivity contribution in [2.75, 3.05) is 26.1 Å². The predicted octanol–water partition coefficient (Wildman–Crippen LogP) is 2.65. The van der Waals surface area contributed by atoms with E-state index < -0.39 is 12.0 Å². The van der Waals surface area contributed by atoms with E-state index in [2.05, 4.69) is 15.4 Å². The first-order chi connectivity index (χ1) is 13.5. The Morgan fingerprint density at radius 2 is 1.57 bits per heavy atom. The molecule has 2 aromatic carbocycles. The topological polar surface area (TPSA) is 70.7 Å². The Morgan fingerprint density at radius 3 is 2.11 bits per heavy atom. The summed E-state index contributed by atoms with van der Waals surface area (Å²) in [4.78, 5) is 25.9. The van der Waals surface area contributed by atoms with E-state index in [9.17, 15) is 9.59 Å². The molecule has 6 heteroatoms. The van der Waals surface area contributed by atoms with Gasteiger partial charge in [0, 0.05) is 17.5 Å². The number of nitrogens with zero attached hydrogens (tertiary/aromatic N) is 1. The van der Waals surface area contributed by atoms with Crippen LogP contribution in [0.3, 0.4) is 0 Å². The number of benzene rings is 2. The highest BCUT2D eigenvalue weighted by molar-refractivity contribution is 6.06. The molecule has 0 spiro atoms. The molecule has 0 bridgehead atoms. The lowest BCUT2D eigenvalue weighted by Crippen LogP contribution is -2.64. The lowest BCUT2D eigenvalue weighted by atomic mass is 9.87. The maximum Gasteiger partial charge on any atom is 0.332 e. The van der Waals surface area contributed by atoms with Crippen molar-refractivity contribution in [2.45, 2.75) is 19.0 Å². The molecule has 1 heterocycles. The summed E-state index contributed by atoms with van der Waals surface area (Å²) >= 11 is 0. The van der Waals surface area contributed by atoms with Gasteiger partial charge in [0.15, 0.2) is 0 Å². The smallest absolute Gasteiger partial charge is 0.332 e. The van der Waals surface area contributed by atoms with Gasteiger partial charge in [-0.2, -0.15) is 0 Å². The summed E-state index contributed by atoms with van der Waals surface area (Å²) in [5, 5.41) is 5.90. The van der Waals surface area contributed by atoms with Crippen LogP contribution < -0.4 is 15.5 Å². The number of ether oxygens (including phenoxy) is 1. The van der Waals surface area contributed by atoms with Gasteiger partial charge in [-0.25, -0.2) is 4.79 Å². The van der Waals surface area contributed by atoms with E-state index in [1.165, 1.54) is 13.2 Å². The van der Waals surface area contributed by atoms with Gasteiger partial charge in [-0.15, -0.1) is 0 Å². The second-order valence-electron chi connectivity index (χ2n) is 6.37. The Bertz CT molecular complexity index is 806. The van der Waals surface area contributed by atoms with Gasteiger partial charge in [-0.3, -0.25) is 4.79 Å². The predicted molar refractivity (Wildman–Crippen MR) is 111 cm³/mol. The molecule has 1 amide bonds. The lowest BCUT2D eigenvalue weighted by Gasteiger charge is -2.48. The number of nitrogens with one attached hydrogen (secondary N) is 2. The number of methoxy groups -OCH3 is 1. The van der Waals surface area contributed by atoms with E-state index >= 15 is 0 Å². The second-order valence-corrected chi connectivity index (χ2v) is 6.37. The molecular formula is C22H27N3O3. The molecule has 28 heavy (non-hydrogen) atoms. The molecule has 148 valence electrons. The van der Waals surface area contributed by atoms with Gasteiger partial charge >= 0.3 is 5.97 Å². The van der Waals surface area contributed by atoms with E-state index in [-0.39, 0.29) is 11.9 Å². The number of anilines is 1. The molecule has 0 saturated carbocycles. The fourth-order valence-electron chi connectivity index (χ4n) is 3.02. The number of esters is 1. The number of hydrogen-bond donors (Lipinski definition) is 2. The summed E-state index contributed by atoms with van der Waals surface area (Å²) in [5.41, 5.74) is 2.49. The average Bonchev–Trinajstić information content (AvgIpc) is 2.71. The van der Waals surface area contributed by atoms with Crippen molar-refractivity contribution in [3.63, 3.8) is 0 Å². The van der Waals surface area contributed by atoms with E-state index in [4.69, 9.17) is 0 Å². The van der Waals surface area contributed by atoms with Gasteiger partial charge in [0.2, 0.25) is 0 Å². The Kier molecular flexibility index (Phi) is 7.77. The van der Waals surface area contributed by atoms with Gasteiger partial charge in [0.05, 0.1) is 13.2 Å². The summed E-state index contributed by atoms with van der Waals surface area (Å²) in [6.45, 7) is 1.75. The molecule has 2 unspecified atom stereocenters. The maximum absolute atomic E-state index is 12.8. The normalized spacial score (nSPS) is 18.5. The van der Waals surface area contributed by atoms with Crippen molar-refractivity contribution in [3.05, 3.63) is 78.0 Å². The molecule has 0 aromatic heterocycles. The number of allylic oxidation sites excluding steroid dienone is 1. The standard InChI is InChI=1S/C20H20N2O3.C2H7N/c1-14(13-17(23)25-2)21-18-19(15-9-5-3-6-10-15)22(20(18)24)16-11-7-4-8-12-16;1-3-2/h3-13,18-19,21H,1-2H3;3H,1-2H3. The summed E-state index contributed by atoms with van der Waals surface area (Å²) in [5.74, 6) is -0.481. The number of carbonyl (C=O) groups excluding carboxylic acids is 2. The first-order valence-corrected chi connectivity index (χ1v) is 9.07. The van der Waals surface area contributed by atoms with Crippen LogP contribution in [0.25, 0.3) is 0 Å². The molecule has 2 atom stereocenters.